The molecule has 0 aliphatic rings. The molecular weight excluding hydrogens is 239 g/mol. The smallest absolute Gasteiger partial charge is 0.256 e. The van der Waals surface area contributed by atoms with Crippen LogP contribution >= 0.6 is 0 Å². The summed E-state index contributed by atoms with van der Waals surface area (Å²) in [6, 6.07) is 8.87. The normalized spacial score (nSPS) is 11.6. The Kier molecular flexibility index (Phi) is 3.36. The van der Waals surface area contributed by atoms with Gasteiger partial charge in [0.25, 0.3) is 0 Å². The van der Waals surface area contributed by atoms with E-state index in [0.29, 0.717) is 16.8 Å². The first-order valence-corrected chi connectivity index (χ1v) is 5.33. The van der Waals surface area contributed by atoms with E-state index in [0.717, 1.165) is 12.1 Å². The Morgan fingerprint density at radius 2 is 1.89 bits per heavy atom. The Bertz CT molecular complexity index is 532. The number of alkyl halides is 3. The molecule has 2 rings (SSSR count). The van der Waals surface area contributed by atoms with Crippen molar-refractivity contribution in [2.45, 2.75) is 12.6 Å². The Hall–Kier alpha value is -1.84. The fourth-order valence-corrected chi connectivity index (χ4v) is 1.65. The van der Waals surface area contributed by atoms with Gasteiger partial charge >= 0.3 is 6.18 Å². The predicted octanol–water partition coefficient (Wildman–Crippen LogP) is 4.02. The minimum absolute atomic E-state index is 0.0593. The van der Waals surface area contributed by atoms with Crippen LogP contribution in [0.4, 0.5) is 13.2 Å². The van der Waals surface area contributed by atoms with Crippen LogP contribution in [0.15, 0.2) is 42.6 Å². The van der Waals surface area contributed by atoms with E-state index in [9.17, 15) is 13.2 Å². The van der Waals surface area contributed by atoms with Crippen molar-refractivity contribution in [1.29, 1.82) is 0 Å². The lowest BCUT2D eigenvalue weighted by molar-refractivity contribution is -0.137. The summed E-state index contributed by atoms with van der Waals surface area (Å²) in [5.41, 5.74) is 0.653. The summed E-state index contributed by atoms with van der Waals surface area (Å²) in [5, 5.41) is 0. The Balaban J connectivity index is 2.55. The lowest BCUT2D eigenvalue weighted by atomic mass is 10.0. The summed E-state index contributed by atoms with van der Waals surface area (Å²) < 4.78 is 38.2. The summed E-state index contributed by atoms with van der Waals surface area (Å²) in [7, 11) is 0. The van der Waals surface area contributed by atoms with Gasteiger partial charge in [-0.25, -0.2) is 0 Å². The summed E-state index contributed by atoms with van der Waals surface area (Å²) in [5.74, 6) is 0. The molecule has 92 valence electrons. The van der Waals surface area contributed by atoms with Gasteiger partial charge in [0, 0.05) is 11.8 Å². The summed E-state index contributed by atoms with van der Waals surface area (Å²) in [6.07, 6.45) is -2.78. The van der Waals surface area contributed by atoms with Crippen LogP contribution in [0.2, 0.25) is 0 Å². The molecule has 0 unspecified atom stereocenters. The lowest BCUT2D eigenvalue weighted by Crippen LogP contribution is -2.06. The highest BCUT2D eigenvalue weighted by Crippen LogP contribution is 2.33. The van der Waals surface area contributed by atoms with Gasteiger partial charge in [0.05, 0.1) is 11.3 Å². The number of pyridine rings is 1. The maximum atomic E-state index is 12.7. The fourth-order valence-electron chi connectivity index (χ4n) is 1.65. The Morgan fingerprint density at radius 3 is 2.44 bits per heavy atom. The van der Waals surface area contributed by atoms with Crippen molar-refractivity contribution < 1.29 is 13.2 Å². The second kappa shape index (κ2) is 4.80. The first-order valence-electron chi connectivity index (χ1n) is 5.33. The summed E-state index contributed by atoms with van der Waals surface area (Å²) in [6.45, 7) is 5.42. The second-order valence-corrected chi connectivity index (χ2v) is 3.84. The molecule has 0 N–H and O–H groups in total. The van der Waals surface area contributed by atoms with E-state index in [4.69, 9.17) is 6.92 Å². The van der Waals surface area contributed by atoms with E-state index >= 15 is 0 Å². The largest absolute Gasteiger partial charge is 0.416 e. The third kappa shape index (κ3) is 2.70. The van der Waals surface area contributed by atoms with Crippen LogP contribution in [0, 0.1) is 6.92 Å². The molecule has 0 saturated carbocycles. The molecule has 0 saturated heterocycles. The molecule has 0 fully saturated rings. The zero-order valence-corrected chi connectivity index (χ0v) is 9.41. The zero-order valence-electron chi connectivity index (χ0n) is 9.41. The van der Waals surface area contributed by atoms with Crippen LogP contribution < -0.4 is 0 Å². The van der Waals surface area contributed by atoms with Gasteiger partial charge in [-0.2, -0.15) is 13.2 Å². The van der Waals surface area contributed by atoms with Crippen LogP contribution in [0.1, 0.15) is 11.1 Å². The molecule has 4 heteroatoms. The Labute approximate surface area is 103 Å². The number of nitrogens with zero attached hydrogens (tertiary/aromatic N) is 1. The third-order valence-electron chi connectivity index (χ3n) is 2.52. The van der Waals surface area contributed by atoms with Gasteiger partial charge in [-0.3, -0.25) is 4.98 Å². The van der Waals surface area contributed by atoms with Crippen molar-refractivity contribution in [1.82, 2.24) is 4.98 Å². The van der Waals surface area contributed by atoms with Gasteiger partial charge in [-0.1, -0.05) is 6.07 Å². The van der Waals surface area contributed by atoms with Gasteiger partial charge in [-0.15, -0.1) is 0 Å². The van der Waals surface area contributed by atoms with E-state index in [2.05, 4.69) is 4.98 Å². The molecule has 1 aromatic heterocycles. The Morgan fingerprint density at radius 1 is 1.11 bits per heavy atom. The highest BCUT2D eigenvalue weighted by molar-refractivity contribution is 5.61. The van der Waals surface area contributed by atoms with Crippen LogP contribution in [-0.2, 0) is 12.6 Å². The average molecular weight is 249 g/mol. The predicted molar refractivity (Wildman–Crippen MR) is 62.7 cm³/mol. The molecule has 18 heavy (non-hydrogen) atoms. The summed E-state index contributed by atoms with van der Waals surface area (Å²) >= 11 is 0. The van der Waals surface area contributed by atoms with Crippen LogP contribution in [0.25, 0.3) is 11.3 Å². The number of benzene rings is 1. The quantitative estimate of drug-likeness (QED) is 0.783. The zero-order chi connectivity index (χ0) is 13.2. The minimum Gasteiger partial charge on any atom is -0.256 e. The summed E-state index contributed by atoms with van der Waals surface area (Å²) in [4.78, 5) is 4.04. The molecule has 0 bridgehead atoms. The molecule has 1 aromatic carbocycles. The van der Waals surface area contributed by atoms with Gasteiger partial charge < -0.3 is 0 Å². The molecule has 0 aliphatic heterocycles. The van der Waals surface area contributed by atoms with Crippen LogP contribution in [0.3, 0.4) is 0 Å². The molecular formula is C14H10F3N. The van der Waals surface area contributed by atoms with Crippen molar-refractivity contribution in [3.8, 4) is 11.3 Å². The number of hydrogen-bond acceptors (Lipinski definition) is 1. The van der Waals surface area contributed by atoms with E-state index in [-0.39, 0.29) is 6.42 Å². The fraction of sp³-hybridized carbons (Fsp3) is 0.143. The van der Waals surface area contributed by atoms with Crippen molar-refractivity contribution in [2.24, 2.45) is 0 Å². The third-order valence-corrected chi connectivity index (χ3v) is 2.52. The van der Waals surface area contributed by atoms with Crippen molar-refractivity contribution in [3.63, 3.8) is 0 Å². The van der Waals surface area contributed by atoms with Crippen LogP contribution in [-0.4, -0.2) is 4.98 Å². The molecule has 1 nitrogen and oxygen atoms in total. The van der Waals surface area contributed by atoms with Gasteiger partial charge in [0.15, 0.2) is 0 Å². The standard InChI is InChI=1S/C14H10F3N/c1-2-10-7-11(13-5-3-4-6-18-13)9-12(8-10)14(15,16)17/h1,3-9H,2H2. The molecule has 0 aliphatic carbocycles. The first kappa shape index (κ1) is 12.6. The molecule has 1 heterocycles. The van der Waals surface area contributed by atoms with E-state index in [1.807, 2.05) is 0 Å². The topological polar surface area (TPSA) is 12.9 Å². The van der Waals surface area contributed by atoms with E-state index in [1.165, 1.54) is 6.20 Å². The molecule has 0 atom stereocenters. The van der Waals surface area contributed by atoms with Gasteiger partial charge in [0.2, 0.25) is 0 Å². The van der Waals surface area contributed by atoms with Crippen molar-refractivity contribution in [3.05, 3.63) is 60.6 Å². The SMILES string of the molecule is [CH]Cc1cc(-c2ccccn2)cc(C(F)(F)F)c1. The van der Waals surface area contributed by atoms with Crippen molar-refractivity contribution in [2.75, 3.05) is 0 Å². The number of aromatic nitrogens is 1. The monoisotopic (exact) mass is 249 g/mol. The molecule has 2 aromatic rings. The van der Waals surface area contributed by atoms with Gasteiger partial charge in [0.1, 0.15) is 0 Å². The minimum atomic E-state index is -4.38. The number of halogens is 3. The van der Waals surface area contributed by atoms with E-state index in [1.54, 1.807) is 24.3 Å². The van der Waals surface area contributed by atoms with Crippen LogP contribution in [0.5, 0.6) is 0 Å². The molecule has 0 spiro atoms. The van der Waals surface area contributed by atoms with Gasteiger partial charge in [-0.05, 0) is 49.2 Å². The maximum absolute atomic E-state index is 12.7. The second-order valence-electron chi connectivity index (χ2n) is 3.84. The van der Waals surface area contributed by atoms with Crippen molar-refractivity contribution >= 4 is 0 Å². The highest BCUT2D eigenvalue weighted by atomic mass is 19.4. The number of rotatable bonds is 2. The number of hydrogen-bond donors (Lipinski definition) is 0. The molecule has 0 amide bonds. The first-order chi connectivity index (χ1) is 8.50. The van der Waals surface area contributed by atoms with E-state index < -0.39 is 11.7 Å². The highest BCUT2D eigenvalue weighted by Gasteiger charge is 2.31. The average Bonchev–Trinajstić information content (AvgIpc) is 2.38. The lowest BCUT2D eigenvalue weighted by Gasteiger charge is -2.11. The maximum Gasteiger partial charge on any atom is 0.416 e. The molecule has 2 radical (unpaired) electrons.